The van der Waals surface area contributed by atoms with Crippen molar-refractivity contribution < 1.29 is 49.0 Å². The van der Waals surface area contributed by atoms with Gasteiger partial charge in [-0.3, -0.25) is 9.59 Å². The number of rotatable bonds is 4. The number of nitrogens with one attached hydrogen (secondary N) is 1. The standard InChI is InChI=1S/C27H30N2O10/c1-11-21(30)15(28)7-17(38-11)39-16-9-27(36,10-37-26(35)29-2)8-14-18(16)25(34)20-19(24(14)33)22(31)12-5-3-4-6-13(12)23(20)32/h3-6,11,15-17,21,30,33-34,36H,7-10,28H2,1-2H3,(H,29,35)/t11-,15+,16+,17+,21+,27?/m1/s1. The Balaban J connectivity index is 1.62. The number of nitrogens with two attached hydrogens (primary N) is 1. The minimum Gasteiger partial charge on any atom is -0.507 e. The first-order valence-electron chi connectivity index (χ1n) is 12.6. The zero-order chi connectivity index (χ0) is 28.2. The third-order valence-electron chi connectivity index (χ3n) is 7.60. The summed E-state index contributed by atoms with van der Waals surface area (Å²) in [6, 6.07) is 5.39. The molecule has 0 aromatic heterocycles. The van der Waals surface area contributed by atoms with Gasteiger partial charge in [0.15, 0.2) is 17.9 Å². The van der Waals surface area contributed by atoms with E-state index in [-0.39, 0.29) is 52.6 Å². The van der Waals surface area contributed by atoms with Crippen LogP contribution in [0.15, 0.2) is 24.3 Å². The molecule has 12 heteroatoms. The van der Waals surface area contributed by atoms with Crippen molar-refractivity contribution in [2.24, 2.45) is 5.73 Å². The molecule has 12 nitrogen and oxygen atoms in total. The van der Waals surface area contributed by atoms with Crippen LogP contribution in [-0.4, -0.2) is 81.9 Å². The minimum atomic E-state index is -1.79. The number of aliphatic hydroxyl groups excluding tert-OH is 1. The molecule has 1 amide bonds. The molecular formula is C27H30N2O10. The van der Waals surface area contributed by atoms with Gasteiger partial charge in [0.2, 0.25) is 0 Å². The highest BCUT2D eigenvalue weighted by Crippen LogP contribution is 2.51. The Labute approximate surface area is 223 Å². The van der Waals surface area contributed by atoms with Crippen molar-refractivity contribution in [2.75, 3.05) is 13.7 Å². The highest BCUT2D eigenvalue weighted by molar-refractivity contribution is 6.30. The quantitative estimate of drug-likeness (QED) is 0.255. The van der Waals surface area contributed by atoms with Crippen molar-refractivity contribution in [3.63, 3.8) is 0 Å². The molecule has 208 valence electrons. The van der Waals surface area contributed by atoms with E-state index in [1.54, 1.807) is 19.1 Å². The zero-order valence-electron chi connectivity index (χ0n) is 21.3. The van der Waals surface area contributed by atoms with Crippen LogP contribution in [0.5, 0.6) is 11.5 Å². The number of alkyl carbamates (subject to hydrolysis) is 1. The van der Waals surface area contributed by atoms with Gasteiger partial charge in [0, 0.05) is 54.6 Å². The molecule has 1 fully saturated rings. The fourth-order valence-electron chi connectivity index (χ4n) is 5.61. The maximum atomic E-state index is 13.4. The Morgan fingerprint density at radius 3 is 2.36 bits per heavy atom. The van der Waals surface area contributed by atoms with E-state index in [2.05, 4.69) is 5.32 Å². The summed E-state index contributed by atoms with van der Waals surface area (Å²) in [7, 11) is 1.35. The Morgan fingerprint density at radius 1 is 1.15 bits per heavy atom. The van der Waals surface area contributed by atoms with E-state index >= 15 is 0 Å². The number of phenols is 2. The largest absolute Gasteiger partial charge is 0.507 e. The lowest BCUT2D eigenvalue weighted by molar-refractivity contribution is -0.248. The number of fused-ring (bicyclic) bond motifs is 3. The molecule has 0 saturated carbocycles. The number of hydrogen-bond acceptors (Lipinski definition) is 11. The zero-order valence-corrected chi connectivity index (χ0v) is 21.3. The third-order valence-corrected chi connectivity index (χ3v) is 7.60. The normalized spacial score (nSPS) is 29.7. The van der Waals surface area contributed by atoms with Gasteiger partial charge >= 0.3 is 6.09 Å². The van der Waals surface area contributed by atoms with Crippen molar-refractivity contribution in [3.8, 4) is 11.5 Å². The number of ketones is 2. The van der Waals surface area contributed by atoms with Gasteiger partial charge in [-0.05, 0) is 6.92 Å². The van der Waals surface area contributed by atoms with Crippen LogP contribution in [0, 0.1) is 0 Å². The predicted octanol–water partition coefficient (Wildman–Crippen LogP) is 0.787. The summed E-state index contributed by atoms with van der Waals surface area (Å²) in [4.78, 5) is 38.5. The summed E-state index contributed by atoms with van der Waals surface area (Å²) in [5.41, 5.74) is 3.64. The molecular weight excluding hydrogens is 512 g/mol. The van der Waals surface area contributed by atoms with Crippen molar-refractivity contribution in [3.05, 3.63) is 57.6 Å². The second-order valence-electron chi connectivity index (χ2n) is 10.3. The van der Waals surface area contributed by atoms with Crippen LogP contribution < -0.4 is 11.1 Å². The maximum absolute atomic E-state index is 13.4. The number of ether oxygens (including phenoxy) is 3. The molecule has 0 spiro atoms. The Morgan fingerprint density at radius 2 is 1.77 bits per heavy atom. The van der Waals surface area contributed by atoms with E-state index in [1.165, 1.54) is 19.2 Å². The van der Waals surface area contributed by atoms with E-state index in [9.17, 15) is 34.8 Å². The number of amides is 1. The fourth-order valence-corrected chi connectivity index (χ4v) is 5.61. The third kappa shape index (κ3) is 4.53. The van der Waals surface area contributed by atoms with Crippen LogP contribution in [0.1, 0.15) is 68.8 Å². The van der Waals surface area contributed by atoms with E-state index in [0.717, 1.165) is 0 Å². The van der Waals surface area contributed by atoms with Gasteiger partial charge in [0.05, 0.1) is 29.4 Å². The summed E-state index contributed by atoms with van der Waals surface area (Å²) >= 11 is 0. The van der Waals surface area contributed by atoms with Crippen LogP contribution in [0.2, 0.25) is 0 Å². The van der Waals surface area contributed by atoms with Crippen molar-refractivity contribution in [1.82, 2.24) is 5.32 Å². The van der Waals surface area contributed by atoms with Gasteiger partial charge in [0.1, 0.15) is 23.7 Å². The maximum Gasteiger partial charge on any atom is 0.406 e. The Kier molecular flexibility index (Phi) is 6.85. The molecule has 7 N–H and O–H groups in total. The summed E-state index contributed by atoms with van der Waals surface area (Å²) < 4.78 is 17.0. The van der Waals surface area contributed by atoms with E-state index in [1.807, 2.05) is 0 Å². The molecule has 0 bridgehead atoms. The monoisotopic (exact) mass is 542 g/mol. The summed E-state index contributed by atoms with van der Waals surface area (Å²) in [5.74, 6) is -2.44. The van der Waals surface area contributed by atoms with Gasteiger partial charge in [-0.2, -0.15) is 0 Å². The van der Waals surface area contributed by atoms with Gasteiger partial charge in [0.25, 0.3) is 0 Å². The Bertz CT molecular complexity index is 1350. The van der Waals surface area contributed by atoms with Crippen LogP contribution in [0.4, 0.5) is 4.79 Å². The molecule has 1 saturated heterocycles. The number of aromatic hydroxyl groups is 2. The van der Waals surface area contributed by atoms with Crippen molar-refractivity contribution >= 4 is 17.7 Å². The second-order valence-corrected chi connectivity index (χ2v) is 10.3. The highest BCUT2D eigenvalue weighted by atomic mass is 16.7. The number of carbonyl (C=O) groups is 3. The lowest BCUT2D eigenvalue weighted by Crippen LogP contribution is -2.52. The average molecular weight is 543 g/mol. The van der Waals surface area contributed by atoms with Crippen molar-refractivity contribution in [1.29, 1.82) is 0 Å². The molecule has 6 atom stereocenters. The smallest absolute Gasteiger partial charge is 0.406 e. The Hall–Kier alpha value is -3.55. The molecule has 1 unspecified atom stereocenters. The predicted molar refractivity (Wildman–Crippen MR) is 134 cm³/mol. The lowest BCUT2D eigenvalue weighted by Gasteiger charge is -2.42. The van der Waals surface area contributed by atoms with Crippen LogP contribution in [0.3, 0.4) is 0 Å². The number of carbonyl (C=O) groups excluding carboxylic acids is 3. The van der Waals surface area contributed by atoms with Gasteiger partial charge in [-0.1, -0.05) is 24.3 Å². The van der Waals surface area contributed by atoms with Crippen LogP contribution >= 0.6 is 0 Å². The minimum absolute atomic E-state index is 0.00680. The van der Waals surface area contributed by atoms with E-state index < -0.39 is 72.0 Å². The fraction of sp³-hybridized carbons (Fsp3) is 0.444. The number of benzene rings is 2. The molecule has 2 aromatic rings. The average Bonchev–Trinajstić information content (AvgIpc) is 2.90. The van der Waals surface area contributed by atoms with E-state index in [4.69, 9.17) is 19.9 Å². The summed E-state index contributed by atoms with van der Waals surface area (Å²) in [6.07, 6.45) is -5.05. The molecule has 2 aliphatic carbocycles. The molecule has 1 heterocycles. The molecule has 39 heavy (non-hydrogen) atoms. The molecule has 0 radical (unpaired) electrons. The SMILES string of the molecule is CNC(=O)OCC1(O)Cc2c(O)c3c(c(O)c2[C@@H](O[C@H]2C[C@H](N)[C@@H](O)[C@@H](C)O2)C1)C(=O)c1ccccc1C3=O. The molecule has 2 aromatic carbocycles. The van der Waals surface area contributed by atoms with Crippen LogP contribution in [-0.2, 0) is 20.6 Å². The van der Waals surface area contributed by atoms with Gasteiger partial charge < -0.3 is 45.7 Å². The number of hydrogen-bond donors (Lipinski definition) is 6. The van der Waals surface area contributed by atoms with Gasteiger partial charge in [-0.25, -0.2) is 4.79 Å². The number of phenolic OH excluding ortho intramolecular Hbond substituents is 2. The summed E-state index contributed by atoms with van der Waals surface area (Å²) in [6.45, 7) is 1.11. The number of aliphatic hydroxyl groups is 2. The topological polar surface area (TPSA) is 198 Å². The molecule has 1 aliphatic heterocycles. The second kappa shape index (κ2) is 9.88. The lowest BCUT2D eigenvalue weighted by atomic mass is 9.73. The van der Waals surface area contributed by atoms with Crippen molar-refractivity contribution in [2.45, 2.75) is 62.4 Å². The van der Waals surface area contributed by atoms with E-state index in [0.29, 0.717) is 0 Å². The summed E-state index contributed by atoms with van der Waals surface area (Å²) in [5, 5.41) is 46.7. The molecule has 5 rings (SSSR count). The van der Waals surface area contributed by atoms with Crippen LogP contribution in [0.25, 0.3) is 0 Å². The first-order valence-corrected chi connectivity index (χ1v) is 12.6. The highest BCUT2D eigenvalue weighted by Gasteiger charge is 2.48. The molecule has 3 aliphatic rings. The first-order chi connectivity index (χ1) is 18.5. The van der Waals surface area contributed by atoms with Gasteiger partial charge in [-0.15, -0.1) is 0 Å². The first kappa shape index (κ1) is 27.0.